The maximum absolute atomic E-state index is 11.0. The first-order valence-electron chi connectivity index (χ1n) is 6.62. The van der Waals surface area contributed by atoms with Crippen LogP contribution in [0.25, 0.3) is 0 Å². The first-order chi connectivity index (χ1) is 9.10. The number of aromatic carboxylic acids is 1. The lowest BCUT2D eigenvalue weighted by atomic mass is 10.0. The number of rotatable bonds is 4. The smallest absolute Gasteiger partial charge is 0.337 e. The van der Waals surface area contributed by atoms with Crippen LogP contribution in [0.5, 0.6) is 0 Å². The molecule has 0 atom stereocenters. The molecule has 0 bridgehead atoms. The maximum atomic E-state index is 11.0. The molecule has 1 aromatic rings. The largest absolute Gasteiger partial charge is 0.478 e. The predicted octanol–water partition coefficient (Wildman–Crippen LogP) is 2.93. The van der Waals surface area contributed by atoms with Gasteiger partial charge in [0.2, 0.25) is 0 Å². The van der Waals surface area contributed by atoms with Crippen LogP contribution in [0.1, 0.15) is 30.1 Å². The molecule has 4 nitrogen and oxygen atoms in total. The molecule has 1 saturated heterocycles. The quantitative estimate of drug-likeness (QED) is 0.891. The van der Waals surface area contributed by atoms with Crippen LogP contribution in [0.4, 0.5) is 5.69 Å². The molecule has 2 N–H and O–H groups in total. The highest BCUT2D eigenvalue weighted by molar-refractivity contribution is 6.33. The van der Waals surface area contributed by atoms with Crippen molar-refractivity contribution in [3.63, 3.8) is 0 Å². The number of piperidine rings is 1. The molecule has 0 saturated carbocycles. The molecule has 0 spiro atoms. The van der Waals surface area contributed by atoms with E-state index in [0.717, 1.165) is 38.2 Å². The molecule has 0 aliphatic carbocycles. The summed E-state index contributed by atoms with van der Waals surface area (Å²) in [6.07, 6.45) is 2.16. The van der Waals surface area contributed by atoms with Crippen LogP contribution in [0.2, 0.25) is 5.02 Å². The number of nitrogens with one attached hydrogen (secondary N) is 1. The molecule has 1 fully saturated rings. The SMILES string of the molecule is CCN1CCC(Nc2ccc(Cl)c(C(=O)O)c2)CC1. The van der Waals surface area contributed by atoms with Gasteiger partial charge in [0.25, 0.3) is 0 Å². The fraction of sp³-hybridized carbons (Fsp3) is 0.500. The Balaban J connectivity index is 2.00. The number of nitrogens with zero attached hydrogens (tertiary/aromatic N) is 1. The molecule has 1 heterocycles. The molecule has 1 aromatic carbocycles. The summed E-state index contributed by atoms with van der Waals surface area (Å²) in [5, 5.41) is 12.7. The summed E-state index contributed by atoms with van der Waals surface area (Å²) in [7, 11) is 0. The number of halogens is 1. The Labute approximate surface area is 118 Å². The molecular formula is C14H19ClN2O2. The lowest BCUT2D eigenvalue weighted by Gasteiger charge is -2.32. The van der Waals surface area contributed by atoms with Crippen molar-refractivity contribution in [3.8, 4) is 0 Å². The zero-order valence-electron chi connectivity index (χ0n) is 11.0. The highest BCUT2D eigenvalue weighted by atomic mass is 35.5. The van der Waals surface area contributed by atoms with E-state index in [2.05, 4.69) is 17.1 Å². The van der Waals surface area contributed by atoms with E-state index in [1.807, 2.05) is 6.07 Å². The van der Waals surface area contributed by atoms with E-state index in [1.54, 1.807) is 12.1 Å². The third-order valence-electron chi connectivity index (χ3n) is 3.60. The van der Waals surface area contributed by atoms with Crippen LogP contribution < -0.4 is 5.32 Å². The van der Waals surface area contributed by atoms with Crippen molar-refractivity contribution in [1.29, 1.82) is 0 Å². The van der Waals surface area contributed by atoms with E-state index >= 15 is 0 Å². The van der Waals surface area contributed by atoms with Gasteiger partial charge in [0.15, 0.2) is 0 Å². The van der Waals surface area contributed by atoms with Crippen LogP contribution >= 0.6 is 11.6 Å². The van der Waals surface area contributed by atoms with E-state index in [9.17, 15) is 4.79 Å². The second-order valence-electron chi connectivity index (χ2n) is 4.85. The Morgan fingerprint density at radius 3 is 2.74 bits per heavy atom. The monoisotopic (exact) mass is 282 g/mol. The Morgan fingerprint density at radius 2 is 2.16 bits per heavy atom. The van der Waals surface area contributed by atoms with Crippen LogP contribution in [-0.4, -0.2) is 41.7 Å². The Hall–Kier alpha value is -1.26. The number of benzene rings is 1. The summed E-state index contributed by atoms with van der Waals surface area (Å²) < 4.78 is 0. The van der Waals surface area contributed by atoms with Crippen molar-refractivity contribution in [2.75, 3.05) is 25.0 Å². The van der Waals surface area contributed by atoms with Crippen molar-refractivity contribution < 1.29 is 9.90 Å². The van der Waals surface area contributed by atoms with E-state index in [1.165, 1.54) is 0 Å². The molecule has 2 rings (SSSR count). The number of hydrogen-bond acceptors (Lipinski definition) is 3. The highest BCUT2D eigenvalue weighted by Crippen LogP contribution is 2.23. The summed E-state index contributed by atoms with van der Waals surface area (Å²) in [5.41, 5.74) is 0.981. The normalized spacial score (nSPS) is 17.4. The summed E-state index contributed by atoms with van der Waals surface area (Å²) in [6.45, 7) is 5.45. The first kappa shape index (κ1) is 14.2. The van der Waals surface area contributed by atoms with Gasteiger partial charge in [-0.15, -0.1) is 0 Å². The third-order valence-corrected chi connectivity index (χ3v) is 3.93. The molecule has 19 heavy (non-hydrogen) atoms. The zero-order chi connectivity index (χ0) is 13.8. The second kappa shape index (κ2) is 6.26. The van der Waals surface area contributed by atoms with Gasteiger partial charge in [0, 0.05) is 24.8 Å². The molecule has 0 radical (unpaired) electrons. The molecule has 0 aromatic heterocycles. The first-order valence-corrected chi connectivity index (χ1v) is 6.99. The summed E-state index contributed by atoms with van der Waals surface area (Å²) >= 11 is 5.86. The van der Waals surface area contributed by atoms with E-state index in [0.29, 0.717) is 6.04 Å². The predicted molar refractivity (Wildman–Crippen MR) is 77.2 cm³/mol. The molecule has 5 heteroatoms. The second-order valence-corrected chi connectivity index (χ2v) is 5.26. The van der Waals surface area contributed by atoms with Gasteiger partial charge in [-0.25, -0.2) is 4.79 Å². The minimum atomic E-state index is -0.991. The van der Waals surface area contributed by atoms with E-state index < -0.39 is 5.97 Å². The Morgan fingerprint density at radius 1 is 1.47 bits per heavy atom. The Kier molecular flexibility index (Phi) is 4.66. The van der Waals surface area contributed by atoms with Crippen LogP contribution in [0.15, 0.2) is 18.2 Å². The molecule has 0 amide bonds. The highest BCUT2D eigenvalue weighted by Gasteiger charge is 2.18. The molecule has 1 aliphatic heterocycles. The molecule has 0 unspecified atom stereocenters. The molecule has 1 aliphatic rings. The number of carboxylic acids is 1. The van der Waals surface area contributed by atoms with E-state index in [-0.39, 0.29) is 10.6 Å². The lowest BCUT2D eigenvalue weighted by Crippen LogP contribution is -2.38. The van der Waals surface area contributed by atoms with Gasteiger partial charge in [-0.2, -0.15) is 0 Å². The van der Waals surface area contributed by atoms with Crippen molar-refractivity contribution >= 4 is 23.3 Å². The van der Waals surface area contributed by atoms with Crippen LogP contribution in [0, 0.1) is 0 Å². The van der Waals surface area contributed by atoms with Crippen LogP contribution in [-0.2, 0) is 0 Å². The molecule has 104 valence electrons. The van der Waals surface area contributed by atoms with Gasteiger partial charge >= 0.3 is 5.97 Å². The van der Waals surface area contributed by atoms with Gasteiger partial charge in [-0.05, 0) is 37.6 Å². The van der Waals surface area contributed by atoms with Gasteiger partial charge < -0.3 is 15.3 Å². The minimum absolute atomic E-state index is 0.151. The maximum Gasteiger partial charge on any atom is 0.337 e. The number of carboxylic acid groups (broad SMARTS) is 1. The number of likely N-dealkylation sites (tertiary alicyclic amines) is 1. The minimum Gasteiger partial charge on any atom is -0.478 e. The summed E-state index contributed by atoms with van der Waals surface area (Å²) in [6, 6.07) is 5.48. The van der Waals surface area contributed by atoms with Gasteiger partial charge in [-0.1, -0.05) is 18.5 Å². The fourth-order valence-electron chi connectivity index (χ4n) is 2.41. The topological polar surface area (TPSA) is 52.6 Å². The average molecular weight is 283 g/mol. The number of hydrogen-bond donors (Lipinski definition) is 2. The summed E-state index contributed by atoms with van der Waals surface area (Å²) in [4.78, 5) is 13.4. The van der Waals surface area contributed by atoms with Crippen molar-refractivity contribution in [2.45, 2.75) is 25.8 Å². The fourth-order valence-corrected chi connectivity index (χ4v) is 2.61. The van der Waals surface area contributed by atoms with Crippen molar-refractivity contribution in [2.24, 2.45) is 0 Å². The number of anilines is 1. The summed E-state index contributed by atoms with van der Waals surface area (Å²) in [5.74, 6) is -0.991. The standard InChI is InChI=1S/C14H19ClN2O2/c1-2-17-7-5-10(6-8-17)16-11-3-4-13(15)12(9-11)14(18)19/h3-4,9-10,16H,2,5-8H2,1H3,(H,18,19). The van der Waals surface area contributed by atoms with Gasteiger partial charge in [0.05, 0.1) is 10.6 Å². The third kappa shape index (κ3) is 3.61. The van der Waals surface area contributed by atoms with E-state index in [4.69, 9.17) is 16.7 Å². The van der Waals surface area contributed by atoms with Gasteiger partial charge in [0.1, 0.15) is 0 Å². The van der Waals surface area contributed by atoms with Crippen molar-refractivity contribution in [1.82, 2.24) is 4.90 Å². The zero-order valence-corrected chi connectivity index (χ0v) is 11.8. The van der Waals surface area contributed by atoms with Crippen molar-refractivity contribution in [3.05, 3.63) is 28.8 Å². The molecular weight excluding hydrogens is 264 g/mol. The Bertz CT molecular complexity index is 457. The number of carbonyl (C=O) groups is 1. The van der Waals surface area contributed by atoms with Gasteiger partial charge in [-0.3, -0.25) is 0 Å². The lowest BCUT2D eigenvalue weighted by molar-refractivity contribution is 0.0697. The average Bonchev–Trinajstić information content (AvgIpc) is 2.41. The van der Waals surface area contributed by atoms with Crippen LogP contribution in [0.3, 0.4) is 0 Å².